The molecule has 0 radical (unpaired) electrons. The number of hydrogen-bond acceptors (Lipinski definition) is 3. The van der Waals surface area contributed by atoms with Crippen molar-refractivity contribution in [2.45, 2.75) is 149 Å². The Morgan fingerprint density at radius 3 is 0.971 bits per heavy atom. The summed E-state index contributed by atoms with van der Waals surface area (Å²) in [5.41, 5.74) is 13.2. The Labute approximate surface area is 239 Å². The molecule has 34 heavy (non-hydrogen) atoms. The molecule has 0 saturated heterocycles. The average molecular weight is 562 g/mol. The second-order valence-electron chi connectivity index (χ2n) is 8.37. The summed E-state index contributed by atoms with van der Waals surface area (Å²) in [5.74, 6) is -0.840. The van der Waals surface area contributed by atoms with Crippen molar-refractivity contribution in [2.75, 3.05) is 6.61 Å². The predicted molar refractivity (Wildman–Crippen MR) is 135 cm³/mol. The topological polar surface area (TPSA) is 102 Å². The van der Waals surface area contributed by atoms with Gasteiger partial charge in [0.15, 0.2) is 0 Å². The second-order valence-corrected chi connectivity index (χ2v) is 8.37. The maximum atomic E-state index is 10.1. The quantitative estimate of drug-likeness (QED) is 0.183. The molecule has 0 aromatic carbocycles. The van der Waals surface area contributed by atoms with E-state index in [-0.39, 0.29) is 46.5 Å². The molecule has 0 rings (SSSR count). The van der Waals surface area contributed by atoms with Gasteiger partial charge in [-0.1, -0.05) is 117 Å². The molecule has 8 heteroatoms. The van der Waals surface area contributed by atoms with Crippen LogP contribution in [0.5, 0.6) is 0 Å². The molecule has 3 N–H and O–H groups in total. The molecule has 0 fully saturated rings. The van der Waals surface area contributed by atoms with E-state index >= 15 is 0 Å². The number of amides is 2. The fourth-order valence-corrected chi connectivity index (χ4v) is 3.02. The fourth-order valence-electron chi connectivity index (χ4n) is 3.02. The van der Waals surface area contributed by atoms with Crippen LogP contribution in [0.25, 0.3) is 11.5 Å². The minimum Gasteiger partial charge on any atom is -1.00 e. The molecular weight excluding hydrogens is 507 g/mol. The molecule has 0 unspecified atom stereocenters. The summed E-state index contributed by atoms with van der Waals surface area (Å²) in [4.78, 5) is 20.3. The van der Waals surface area contributed by atoms with Crippen LogP contribution in [-0.2, 0) is 31.3 Å². The molecule has 2 amide bonds. The Morgan fingerprint density at radius 1 is 0.500 bits per heavy atom. The van der Waals surface area contributed by atoms with Crippen LogP contribution in [0.2, 0.25) is 0 Å². The summed E-state index contributed by atoms with van der Waals surface area (Å²) < 4.78 is 0. The van der Waals surface area contributed by atoms with Crippen molar-refractivity contribution >= 4 is 11.8 Å². The molecule has 5 nitrogen and oxygen atoms in total. The summed E-state index contributed by atoms with van der Waals surface area (Å²) >= 11 is 0. The van der Waals surface area contributed by atoms with E-state index in [1.165, 1.54) is 83.5 Å². The average Bonchev–Trinajstić information content (AvgIpc) is 2.73. The van der Waals surface area contributed by atoms with Crippen LogP contribution in [0.4, 0.5) is 0 Å². The molecule has 0 bridgehead atoms. The van der Waals surface area contributed by atoms with E-state index in [9.17, 15) is 9.59 Å². The molecule has 0 aromatic heterocycles. The Balaban J connectivity index is -0.0000000829. The van der Waals surface area contributed by atoms with Crippen molar-refractivity contribution in [3.63, 3.8) is 0 Å². The number of aliphatic hydroxyl groups excluding tert-OH is 1. The van der Waals surface area contributed by atoms with Crippen molar-refractivity contribution in [3.8, 4) is 0 Å². The molecule has 0 heterocycles. The monoisotopic (exact) mass is 560 g/mol. The minimum absolute atomic E-state index is 0. The normalized spacial score (nSPS) is 9.06. The van der Waals surface area contributed by atoms with E-state index in [0.717, 1.165) is 32.1 Å². The van der Waals surface area contributed by atoms with E-state index in [0.29, 0.717) is 19.4 Å². The Hall–Kier alpha value is 0.194. The van der Waals surface area contributed by atoms with E-state index in [2.05, 4.69) is 20.8 Å². The van der Waals surface area contributed by atoms with E-state index in [1.54, 1.807) is 0 Å². The number of rotatable bonds is 20. The predicted octanol–water partition coefficient (Wildman–Crippen LogP) is 2.98. The summed E-state index contributed by atoms with van der Waals surface area (Å²) in [6.45, 7) is 6.94. The second kappa shape index (κ2) is 46.5. The van der Waals surface area contributed by atoms with Crippen LogP contribution in [0.1, 0.15) is 149 Å². The van der Waals surface area contributed by atoms with Crippen molar-refractivity contribution in [1.82, 2.24) is 0 Å². The third-order valence-electron chi connectivity index (χ3n) is 5.03. The van der Waals surface area contributed by atoms with Crippen molar-refractivity contribution in [1.29, 1.82) is 0 Å². The van der Waals surface area contributed by atoms with Crippen molar-refractivity contribution in [3.05, 3.63) is 11.5 Å². The van der Waals surface area contributed by atoms with Crippen molar-refractivity contribution < 1.29 is 61.2 Å². The Kier molecular flexibility index (Phi) is 64.9. The first kappa shape index (κ1) is 47.4. The maximum Gasteiger partial charge on any atom is 4.00 e. The number of nitrogens with one attached hydrogen (secondary N) is 2. The number of carbonyl (C=O) groups excluding carboxylic acids is 2. The van der Waals surface area contributed by atoms with Gasteiger partial charge in [0.1, 0.15) is 0 Å². The Morgan fingerprint density at radius 2 is 0.735 bits per heavy atom. The summed E-state index contributed by atoms with van der Waals surface area (Å²) in [7, 11) is 0. The molecule has 0 saturated carbocycles. The molecule has 0 aliphatic carbocycles. The zero-order chi connectivity index (χ0) is 24.0. The zero-order valence-corrected chi connectivity index (χ0v) is 25.4. The van der Waals surface area contributed by atoms with Gasteiger partial charge in [-0.2, -0.15) is 0 Å². The summed E-state index contributed by atoms with van der Waals surface area (Å²) in [5, 5.41) is 8.51. The smallest absolute Gasteiger partial charge is 1.00 e. The third-order valence-corrected chi connectivity index (χ3v) is 5.03. The standard InChI is InChI=1S/C10H22O.2C8H17NO.2ClH.Ti/c1-2-3-4-5-6-7-8-9-10-11;2*1-2-3-4-5-6-7-8(9)10;;;/h11H,2-10H2,1H3;2*2-7H2,1H3,(H2,9,10);2*1H;/q;;;;;+4/p-4. The summed E-state index contributed by atoms with van der Waals surface area (Å²) in [6, 6.07) is 0. The van der Waals surface area contributed by atoms with E-state index in [4.69, 9.17) is 16.6 Å². The van der Waals surface area contributed by atoms with Gasteiger partial charge in [0.05, 0.1) is 0 Å². The fraction of sp³-hybridized carbons (Fsp3) is 0.923. The number of halogens is 2. The number of carbonyl (C=O) groups is 2. The first-order chi connectivity index (χ1) is 15.0. The van der Waals surface area contributed by atoms with Gasteiger partial charge in [-0.05, 0) is 32.1 Å². The largest absolute Gasteiger partial charge is 4.00 e. The number of hydrogen-bond donors (Lipinski definition) is 1. The van der Waals surface area contributed by atoms with Crippen LogP contribution >= 0.6 is 0 Å². The van der Waals surface area contributed by atoms with Gasteiger partial charge in [-0.15, -0.1) is 0 Å². The molecule has 0 aliphatic heterocycles. The van der Waals surface area contributed by atoms with Crippen LogP contribution in [-0.4, -0.2) is 23.5 Å². The first-order valence-corrected chi connectivity index (χ1v) is 13.1. The maximum absolute atomic E-state index is 10.1. The molecule has 0 aromatic rings. The van der Waals surface area contributed by atoms with Crippen LogP contribution in [0.15, 0.2) is 0 Å². The third kappa shape index (κ3) is 63.6. The Bertz CT molecular complexity index is 335. The molecule has 204 valence electrons. The van der Waals surface area contributed by atoms with Gasteiger partial charge >= 0.3 is 21.7 Å². The zero-order valence-electron chi connectivity index (χ0n) is 22.4. The molecule has 0 spiro atoms. The molecule has 0 aliphatic rings. The number of unbranched alkanes of at least 4 members (excludes halogenated alkanes) is 15. The molecular formula is C26H54Cl2N2O3Ti. The van der Waals surface area contributed by atoms with Gasteiger partial charge in [0, 0.05) is 18.4 Å². The van der Waals surface area contributed by atoms with Crippen LogP contribution in [0, 0.1) is 0 Å². The van der Waals surface area contributed by atoms with Gasteiger partial charge in [-0.25, -0.2) is 0 Å². The van der Waals surface area contributed by atoms with Gasteiger partial charge in [-0.3, -0.25) is 0 Å². The van der Waals surface area contributed by atoms with Gasteiger partial charge in [0.2, 0.25) is 0 Å². The minimum atomic E-state index is -0.420. The van der Waals surface area contributed by atoms with E-state index < -0.39 is 11.8 Å². The summed E-state index contributed by atoms with van der Waals surface area (Å²) in [6.07, 6.45) is 22.7. The number of aliphatic hydroxyl groups is 1. The van der Waals surface area contributed by atoms with Crippen LogP contribution in [0.3, 0.4) is 0 Å². The van der Waals surface area contributed by atoms with Crippen molar-refractivity contribution in [2.24, 2.45) is 0 Å². The SMILES string of the molecule is CCCCCCCC([NH-])=O.CCCCCCCC([NH-])=O.CCCCCCCCCCO.[Cl-].[Cl-].[Ti+4]. The van der Waals surface area contributed by atoms with Gasteiger partial charge in [0.25, 0.3) is 0 Å². The van der Waals surface area contributed by atoms with E-state index in [1.807, 2.05) is 0 Å². The van der Waals surface area contributed by atoms with Gasteiger partial charge < -0.3 is 51.0 Å². The first-order valence-electron chi connectivity index (χ1n) is 13.1. The van der Waals surface area contributed by atoms with Crippen LogP contribution < -0.4 is 24.8 Å². The molecule has 0 atom stereocenters.